The van der Waals surface area contributed by atoms with Gasteiger partial charge in [-0.15, -0.1) is 0 Å². The van der Waals surface area contributed by atoms with Crippen molar-refractivity contribution in [1.29, 1.82) is 0 Å². The molecule has 0 atom stereocenters. The molecule has 0 aromatic carbocycles. The van der Waals surface area contributed by atoms with Gasteiger partial charge < -0.3 is 10.3 Å². The molecule has 0 aliphatic carbocycles. The normalized spacial score (nSPS) is 10.6. The first-order chi connectivity index (χ1) is 7.74. The standard InChI is InChI=1S/C13H22N2O/c1-2-3-4-5-6-7-9-15-10-8-12(11-15)13(14)16/h8,10-11H,2-7,9H2,1H3,(H2,14,16). The molecule has 0 aliphatic heterocycles. The van der Waals surface area contributed by atoms with Gasteiger partial charge >= 0.3 is 0 Å². The zero-order valence-corrected chi connectivity index (χ0v) is 10.1. The van der Waals surface area contributed by atoms with Gasteiger partial charge in [0.1, 0.15) is 0 Å². The summed E-state index contributed by atoms with van der Waals surface area (Å²) >= 11 is 0. The van der Waals surface area contributed by atoms with E-state index in [4.69, 9.17) is 5.73 Å². The number of rotatable bonds is 8. The van der Waals surface area contributed by atoms with Crippen molar-refractivity contribution < 1.29 is 4.79 Å². The maximum absolute atomic E-state index is 10.9. The average Bonchev–Trinajstić information content (AvgIpc) is 2.72. The molecule has 0 unspecified atom stereocenters. The van der Waals surface area contributed by atoms with Crippen molar-refractivity contribution in [1.82, 2.24) is 4.57 Å². The molecule has 0 saturated carbocycles. The van der Waals surface area contributed by atoms with Crippen LogP contribution in [0, 0.1) is 0 Å². The van der Waals surface area contributed by atoms with Crippen LogP contribution in [0.1, 0.15) is 55.8 Å². The van der Waals surface area contributed by atoms with E-state index in [0.717, 1.165) is 6.54 Å². The third-order valence-electron chi connectivity index (χ3n) is 2.80. The van der Waals surface area contributed by atoms with Gasteiger partial charge in [0.05, 0.1) is 5.56 Å². The van der Waals surface area contributed by atoms with E-state index >= 15 is 0 Å². The number of hydrogen-bond acceptors (Lipinski definition) is 1. The minimum absolute atomic E-state index is 0.346. The van der Waals surface area contributed by atoms with E-state index in [0.29, 0.717) is 5.56 Å². The van der Waals surface area contributed by atoms with E-state index in [9.17, 15) is 4.79 Å². The number of aryl methyl sites for hydroxylation is 1. The fraction of sp³-hybridized carbons (Fsp3) is 0.615. The smallest absolute Gasteiger partial charge is 0.250 e. The summed E-state index contributed by atoms with van der Waals surface area (Å²) in [6, 6.07) is 1.78. The Morgan fingerprint density at radius 1 is 1.25 bits per heavy atom. The van der Waals surface area contributed by atoms with Gasteiger partial charge in [-0.05, 0) is 12.5 Å². The predicted molar refractivity (Wildman–Crippen MR) is 66.3 cm³/mol. The van der Waals surface area contributed by atoms with E-state index in [-0.39, 0.29) is 5.91 Å². The van der Waals surface area contributed by atoms with Gasteiger partial charge in [0, 0.05) is 18.9 Å². The lowest BCUT2D eigenvalue weighted by atomic mass is 10.1. The summed E-state index contributed by atoms with van der Waals surface area (Å²) in [5, 5.41) is 0. The maximum atomic E-state index is 10.9. The van der Waals surface area contributed by atoms with Crippen LogP contribution in [0.5, 0.6) is 0 Å². The van der Waals surface area contributed by atoms with Crippen molar-refractivity contribution in [3.8, 4) is 0 Å². The summed E-state index contributed by atoms with van der Waals surface area (Å²) < 4.78 is 2.04. The van der Waals surface area contributed by atoms with E-state index in [2.05, 4.69) is 6.92 Å². The summed E-state index contributed by atoms with van der Waals surface area (Å²) in [4.78, 5) is 10.9. The summed E-state index contributed by atoms with van der Waals surface area (Å²) in [6.07, 6.45) is 11.5. The van der Waals surface area contributed by atoms with E-state index in [1.165, 1.54) is 38.5 Å². The summed E-state index contributed by atoms with van der Waals surface area (Å²) in [5.74, 6) is -0.346. The zero-order valence-electron chi connectivity index (χ0n) is 10.1. The molecule has 16 heavy (non-hydrogen) atoms. The first kappa shape index (κ1) is 12.8. The highest BCUT2D eigenvalue weighted by molar-refractivity contribution is 5.92. The molecule has 1 aromatic heterocycles. The van der Waals surface area contributed by atoms with Crippen molar-refractivity contribution in [2.45, 2.75) is 52.0 Å². The topological polar surface area (TPSA) is 48.0 Å². The number of nitrogens with two attached hydrogens (primary N) is 1. The van der Waals surface area contributed by atoms with Crippen LogP contribution < -0.4 is 5.73 Å². The van der Waals surface area contributed by atoms with Crippen LogP contribution in [-0.2, 0) is 6.54 Å². The second-order valence-electron chi connectivity index (χ2n) is 4.27. The molecule has 0 saturated heterocycles. The van der Waals surface area contributed by atoms with Crippen LogP contribution in [0.2, 0.25) is 0 Å². The molecular weight excluding hydrogens is 200 g/mol. The van der Waals surface area contributed by atoms with E-state index in [1.54, 1.807) is 6.07 Å². The van der Waals surface area contributed by atoms with E-state index < -0.39 is 0 Å². The van der Waals surface area contributed by atoms with Crippen molar-refractivity contribution in [3.05, 3.63) is 24.0 Å². The van der Waals surface area contributed by atoms with Gasteiger partial charge in [-0.1, -0.05) is 39.0 Å². The van der Waals surface area contributed by atoms with Crippen LogP contribution in [0.3, 0.4) is 0 Å². The van der Waals surface area contributed by atoms with Crippen LogP contribution >= 0.6 is 0 Å². The minimum atomic E-state index is -0.346. The molecular formula is C13H22N2O. The second-order valence-corrected chi connectivity index (χ2v) is 4.27. The number of primary amides is 1. The minimum Gasteiger partial charge on any atom is -0.366 e. The molecule has 2 N–H and O–H groups in total. The highest BCUT2D eigenvalue weighted by atomic mass is 16.1. The molecule has 1 heterocycles. The molecule has 90 valence electrons. The lowest BCUT2D eigenvalue weighted by Crippen LogP contribution is -2.09. The van der Waals surface area contributed by atoms with Crippen molar-refractivity contribution >= 4 is 5.91 Å². The van der Waals surface area contributed by atoms with E-state index in [1.807, 2.05) is 17.0 Å². The zero-order chi connectivity index (χ0) is 11.8. The SMILES string of the molecule is CCCCCCCCn1ccc(C(N)=O)c1. The highest BCUT2D eigenvalue weighted by Crippen LogP contribution is 2.07. The third-order valence-corrected chi connectivity index (χ3v) is 2.80. The molecule has 0 bridgehead atoms. The molecule has 1 rings (SSSR count). The van der Waals surface area contributed by atoms with Crippen LogP contribution in [-0.4, -0.2) is 10.5 Å². The maximum Gasteiger partial charge on any atom is 0.250 e. The second kappa shape index (κ2) is 7.09. The summed E-state index contributed by atoms with van der Waals surface area (Å²) in [5.41, 5.74) is 5.79. The number of aromatic nitrogens is 1. The molecule has 1 amide bonds. The largest absolute Gasteiger partial charge is 0.366 e. The fourth-order valence-corrected chi connectivity index (χ4v) is 1.80. The molecule has 3 heteroatoms. The van der Waals surface area contributed by atoms with Crippen LogP contribution in [0.4, 0.5) is 0 Å². The van der Waals surface area contributed by atoms with Crippen molar-refractivity contribution in [2.24, 2.45) is 5.73 Å². The molecule has 0 fully saturated rings. The van der Waals surface area contributed by atoms with Crippen LogP contribution in [0.25, 0.3) is 0 Å². The van der Waals surface area contributed by atoms with Gasteiger partial charge in [-0.3, -0.25) is 4.79 Å². The highest BCUT2D eigenvalue weighted by Gasteiger charge is 2.01. The molecule has 3 nitrogen and oxygen atoms in total. The van der Waals surface area contributed by atoms with Gasteiger partial charge in [0.2, 0.25) is 5.91 Å². The molecule has 0 radical (unpaired) electrons. The van der Waals surface area contributed by atoms with Crippen molar-refractivity contribution in [3.63, 3.8) is 0 Å². The third kappa shape index (κ3) is 4.51. The van der Waals surface area contributed by atoms with Crippen LogP contribution in [0.15, 0.2) is 18.5 Å². The lowest BCUT2D eigenvalue weighted by Gasteiger charge is -2.02. The Morgan fingerprint density at radius 3 is 2.56 bits per heavy atom. The molecule has 0 aliphatic rings. The summed E-state index contributed by atoms with van der Waals surface area (Å²) in [6.45, 7) is 3.21. The number of nitrogens with zero attached hydrogens (tertiary/aromatic N) is 1. The number of hydrogen-bond donors (Lipinski definition) is 1. The Balaban J connectivity index is 2.14. The Kier molecular flexibility index (Phi) is 5.68. The van der Waals surface area contributed by atoms with Crippen molar-refractivity contribution in [2.75, 3.05) is 0 Å². The molecule has 0 spiro atoms. The number of carbonyl (C=O) groups excluding carboxylic acids is 1. The fourth-order valence-electron chi connectivity index (χ4n) is 1.80. The van der Waals surface area contributed by atoms with Gasteiger partial charge in [0.25, 0.3) is 0 Å². The number of amides is 1. The lowest BCUT2D eigenvalue weighted by molar-refractivity contribution is 0.100. The van der Waals surface area contributed by atoms with Gasteiger partial charge in [-0.2, -0.15) is 0 Å². The number of unbranched alkanes of at least 4 members (excludes halogenated alkanes) is 5. The summed E-state index contributed by atoms with van der Waals surface area (Å²) in [7, 11) is 0. The molecule has 1 aromatic rings. The average molecular weight is 222 g/mol. The first-order valence-corrected chi connectivity index (χ1v) is 6.19. The van der Waals surface area contributed by atoms with Gasteiger partial charge in [0.15, 0.2) is 0 Å². The van der Waals surface area contributed by atoms with Gasteiger partial charge in [-0.25, -0.2) is 0 Å². The predicted octanol–water partition coefficient (Wildman–Crippen LogP) is 2.95. The Morgan fingerprint density at radius 2 is 1.94 bits per heavy atom. The monoisotopic (exact) mass is 222 g/mol. The Bertz CT molecular complexity index is 317. The first-order valence-electron chi connectivity index (χ1n) is 6.19. The Hall–Kier alpha value is -1.25. The Labute approximate surface area is 97.6 Å². The number of carbonyl (C=O) groups is 1. The quantitative estimate of drug-likeness (QED) is 0.675.